The lowest BCUT2D eigenvalue weighted by Crippen LogP contribution is -2.24. The predicted octanol–water partition coefficient (Wildman–Crippen LogP) is 3.04. The largest absolute Gasteiger partial charge is 0.371 e. The van der Waals surface area contributed by atoms with Crippen molar-refractivity contribution in [3.05, 3.63) is 29.3 Å². The lowest BCUT2D eigenvalue weighted by atomic mass is 10.1. The molecule has 0 aliphatic heterocycles. The van der Waals surface area contributed by atoms with Gasteiger partial charge in [0, 0.05) is 24.3 Å². The number of anilines is 1. The third-order valence-corrected chi connectivity index (χ3v) is 2.53. The Morgan fingerprint density at radius 1 is 1.33 bits per heavy atom. The molecule has 15 heavy (non-hydrogen) atoms. The van der Waals surface area contributed by atoms with Crippen molar-refractivity contribution >= 4 is 12.0 Å². The molecule has 0 atom stereocenters. The van der Waals surface area contributed by atoms with Crippen LogP contribution in [0.5, 0.6) is 0 Å². The monoisotopic (exact) mass is 205 g/mol. The smallest absolute Gasteiger partial charge is 0.152 e. The normalized spacial score (nSPS) is 10.1. The fourth-order valence-corrected chi connectivity index (χ4v) is 1.78. The van der Waals surface area contributed by atoms with Crippen molar-refractivity contribution in [3.63, 3.8) is 0 Å². The zero-order valence-electron chi connectivity index (χ0n) is 9.79. The molecule has 0 radical (unpaired) electrons. The number of hydrogen-bond donors (Lipinski definition) is 0. The lowest BCUT2D eigenvalue weighted by molar-refractivity contribution is 0.112. The van der Waals surface area contributed by atoms with Gasteiger partial charge in [0.15, 0.2) is 6.29 Å². The number of aryl methyl sites for hydroxylation is 1. The summed E-state index contributed by atoms with van der Waals surface area (Å²) in [6.07, 6.45) is 2.04. The molecule has 0 saturated carbocycles. The molecule has 0 aliphatic rings. The average molecular weight is 205 g/mol. The highest BCUT2D eigenvalue weighted by atomic mass is 16.1. The van der Waals surface area contributed by atoms with Gasteiger partial charge in [-0.1, -0.05) is 18.6 Å². The van der Waals surface area contributed by atoms with Crippen molar-refractivity contribution in [1.82, 2.24) is 0 Å². The van der Waals surface area contributed by atoms with Crippen molar-refractivity contribution < 1.29 is 4.79 Å². The first kappa shape index (κ1) is 11.8. The van der Waals surface area contributed by atoms with Gasteiger partial charge in [-0.05, 0) is 32.4 Å². The third kappa shape index (κ3) is 2.82. The van der Waals surface area contributed by atoms with E-state index in [-0.39, 0.29) is 0 Å². The molecule has 0 N–H and O–H groups in total. The van der Waals surface area contributed by atoms with Gasteiger partial charge in [0.05, 0.1) is 0 Å². The Morgan fingerprint density at radius 3 is 2.60 bits per heavy atom. The van der Waals surface area contributed by atoms with E-state index in [1.807, 2.05) is 19.1 Å². The number of benzene rings is 1. The van der Waals surface area contributed by atoms with E-state index in [1.54, 1.807) is 0 Å². The van der Waals surface area contributed by atoms with Gasteiger partial charge in [0.1, 0.15) is 0 Å². The molecule has 0 saturated heterocycles. The van der Waals surface area contributed by atoms with E-state index in [1.165, 1.54) is 0 Å². The number of carbonyl (C=O) groups is 1. The minimum Gasteiger partial charge on any atom is -0.371 e. The van der Waals surface area contributed by atoms with Gasteiger partial charge in [-0.15, -0.1) is 0 Å². The number of nitrogens with zero attached hydrogens (tertiary/aromatic N) is 1. The molecule has 0 amide bonds. The molecule has 0 fully saturated rings. The molecule has 2 nitrogen and oxygen atoms in total. The zero-order valence-corrected chi connectivity index (χ0v) is 9.79. The van der Waals surface area contributed by atoms with Crippen LogP contribution in [0.15, 0.2) is 18.2 Å². The number of aldehydes is 1. The first-order valence-corrected chi connectivity index (χ1v) is 5.53. The van der Waals surface area contributed by atoms with Gasteiger partial charge >= 0.3 is 0 Å². The number of rotatable bonds is 5. The summed E-state index contributed by atoms with van der Waals surface area (Å²) in [4.78, 5) is 13.2. The quantitative estimate of drug-likeness (QED) is 0.689. The molecule has 1 rings (SSSR count). The van der Waals surface area contributed by atoms with Gasteiger partial charge in [-0.25, -0.2) is 0 Å². The Morgan fingerprint density at radius 2 is 2.07 bits per heavy atom. The van der Waals surface area contributed by atoms with Crippen LogP contribution >= 0.6 is 0 Å². The average Bonchev–Trinajstić information content (AvgIpc) is 2.26. The highest BCUT2D eigenvalue weighted by Crippen LogP contribution is 2.20. The Balaban J connectivity index is 3.04. The molecule has 0 aliphatic carbocycles. The van der Waals surface area contributed by atoms with Gasteiger partial charge in [0.25, 0.3) is 0 Å². The van der Waals surface area contributed by atoms with Gasteiger partial charge in [-0.3, -0.25) is 4.79 Å². The Bertz CT molecular complexity index is 333. The summed E-state index contributed by atoms with van der Waals surface area (Å²) in [5.74, 6) is 0. The van der Waals surface area contributed by atoms with Crippen molar-refractivity contribution in [3.8, 4) is 0 Å². The highest BCUT2D eigenvalue weighted by Gasteiger charge is 2.08. The molecular formula is C13H19NO. The Labute approximate surface area is 91.9 Å². The number of hydrogen-bond acceptors (Lipinski definition) is 2. The van der Waals surface area contributed by atoms with Gasteiger partial charge in [0.2, 0.25) is 0 Å². The molecule has 82 valence electrons. The number of carbonyl (C=O) groups excluding carboxylic acids is 1. The summed E-state index contributed by atoms with van der Waals surface area (Å²) >= 11 is 0. The van der Waals surface area contributed by atoms with Crippen LogP contribution in [0.25, 0.3) is 0 Å². The van der Waals surface area contributed by atoms with E-state index in [4.69, 9.17) is 0 Å². The van der Waals surface area contributed by atoms with Crippen LogP contribution in [-0.4, -0.2) is 19.4 Å². The van der Waals surface area contributed by atoms with Crippen LogP contribution in [-0.2, 0) is 0 Å². The molecule has 0 bridgehead atoms. The maximum Gasteiger partial charge on any atom is 0.152 e. The lowest BCUT2D eigenvalue weighted by Gasteiger charge is -2.24. The summed E-state index contributed by atoms with van der Waals surface area (Å²) in [7, 11) is 0. The van der Waals surface area contributed by atoms with Gasteiger partial charge < -0.3 is 4.90 Å². The predicted molar refractivity (Wildman–Crippen MR) is 64.7 cm³/mol. The standard InChI is InChI=1S/C13H19NO/c1-4-8-14(5-2)13-7-6-11(3)9-12(13)10-15/h6-7,9-10H,4-5,8H2,1-3H3. The van der Waals surface area contributed by atoms with Gasteiger partial charge in [-0.2, -0.15) is 0 Å². The minimum atomic E-state index is 0.797. The molecule has 0 unspecified atom stereocenters. The second-order valence-corrected chi connectivity index (χ2v) is 3.76. The van der Waals surface area contributed by atoms with E-state index in [2.05, 4.69) is 24.8 Å². The van der Waals surface area contributed by atoms with Crippen molar-refractivity contribution in [2.75, 3.05) is 18.0 Å². The van der Waals surface area contributed by atoms with E-state index in [0.29, 0.717) is 0 Å². The van der Waals surface area contributed by atoms with Crippen LogP contribution in [0.4, 0.5) is 5.69 Å². The highest BCUT2D eigenvalue weighted by molar-refractivity contribution is 5.85. The fraction of sp³-hybridized carbons (Fsp3) is 0.462. The van der Waals surface area contributed by atoms with Crippen molar-refractivity contribution in [2.45, 2.75) is 27.2 Å². The first-order valence-electron chi connectivity index (χ1n) is 5.53. The molecule has 0 heterocycles. The van der Waals surface area contributed by atoms with Crippen molar-refractivity contribution in [2.24, 2.45) is 0 Å². The molecule has 2 heteroatoms. The molecule has 1 aromatic carbocycles. The molecule has 0 aromatic heterocycles. The minimum absolute atomic E-state index is 0.797. The van der Waals surface area contributed by atoms with E-state index >= 15 is 0 Å². The Kier molecular flexibility index (Phi) is 4.35. The third-order valence-electron chi connectivity index (χ3n) is 2.53. The topological polar surface area (TPSA) is 20.3 Å². The molecular weight excluding hydrogens is 186 g/mol. The van der Waals surface area contributed by atoms with E-state index < -0.39 is 0 Å². The fourth-order valence-electron chi connectivity index (χ4n) is 1.78. The second kappa shape index (κ2) is 5.54. The maximum absolute atomic E-state index is 11.0. The second-order valence-electron chi connectivity index (χ2n) is 3.76. The van der Waals surface area contributed by atoms with Crippen LogP contribution < -0.4 is 4.90 Å². The first-order chi connectivity index (χ1) is 7.22. The van der Waals surface area contributed by atoms with E-state index in [0.717, 1.165) is 42.6 Å². The maximum atomic E-state index is 11.0. The van der Waals surface area contributed by atoms with Crippen LogP contribution in [0, 0.1) is 6.92 Å². The van der Waals surface area contributed by atoms with E-state index in [9.17, 15) is 4.79 Å². The van der Waals surface area contributed by atoms with Crippen molar-refractivity contribution in [1.29, 1.82) is 0 Å². The SMILES string of the molecule is CCCN(CC)c1ccc(C)cc1C=O. The molecule has 1 aromatic rings. The summed E-state index contributed by atoms with van der Waals surface area (Å²) in [6, 6.07) is 6.04. The summed E-state index contributed by atoms with van der Waals surface area (Å²) in [6.45, 7) is 8.21. The van der Waals surface area contributed by atoms with Crippen LogP contribution in [0.1, 0.15) is 36.2 Å². The molecule has 0 spiro atoms. The Hall–Kier alpha value is -1.31. The van der Waals surface area contributed by atoms with Crippen LogP contribution in [0.3, 0.4) is 0 Å². The zero-order chi connectivity index (χ0) is 11.3. The summed E-state index contributed by atoms with van der Waals surface area (Å²) in [5.41, 5.74) is 2.98. The summed E-state index contributed by atoms with van der Waals surface area (Å²) < 4.78 is 0. The van der Waals surface area contributed by atoms with Crippen LogP contribution in [0.2, 0.25) is 0 Å². The summed E-state index contributed by atoms with van der Waals surface area (Å²) in [5, 5.41) is 0.